The monoisotopic (exact) mass is 163 g/mol. The average Bonchev–Trinajstić information content (AvgIpc) is 1.80. The van der Waals surface area contributed by atoms with E-state index in [0.29, 0.717) is 0 Å². The molecule has 0 bridgehead atoms. The Balaban J connectivity index is 4.77. The van der Waals surface area contributed by atoms with Crippen LogP contribution in [0.3, 0.4) is 0 Å². The van der Waals surface area contributed by atoms with Gasteiger partial charge in [0.25, 0.3) is 5.17 Å². The van der Waals surface area contributed by atoms with Gasteiger partial charge in [-0.15, -0.1) is 4.99 Å². The van der Waals surface area contributed by atoms with Gasteiger partial charge in [-0.25, -0.2) is 0 Å². The number of rotatable bonds is 0. The smallest absolute Gasteiger partial charge is 0.328 e. The van der Waals surface area contributed by atoms with Gasteiger partial charge in [0.05, 0.1) is 0 Å². The van der Waals surface area contributed by atoms with E-state index in [9.17, 15) is 8.42 Å². The molecule has 0 spiro atoms. The molecular weight excluding hydrogens is 158 g/mol. The van der Waals surface area contributed by atoms with Crippen LogP contribution < -0.4 is 5.32 Å². The fraction of sp³-hybridized carbons (Fsp3) is 0.333. The van der Waals surface area contributed by atoms with Crippen molar-refractivity contribution in [2.24, 2.45) is 4.99 Å². The summed E-state index contributed by atoms with van der Waals surface area (Å²) in [7, 11) is -3.13. The molecule has 0 fully saturated rings. The molecule has 0 saturated carbocycles. The van der Waals surface area contributed by atoms with E-state index >= 15 is 0 Å². The van der Waals surface area contributed by atoms with Crippen LogP contribution in [0.2, 0.25) is 0 Å². The van der Waals surface area contributed by atoms with Crippen LogP contribution in [0.5, 0.6) is 0 Å². The van der Waals surface area contributed by atoms with Crippen LogP contribution in [0, 0.1) is 11.5 Å². The fourth-order valence-corrected chi connectivity index (χ4v) is 0.702. The first-order valence-corrected chi connectivity index (χ1v) is 3.58. The number of nitrogens with zero attached hydrogens (tertiary/aromatic N) is 2. The van der Waals surface area contributed by atoms with E-state index in [1.54, 1.807) is 0 Å². The molecule has 0 aromatic heterocycles. The van der Waals surface area contributed by atoms with Crippen LogP contribution in [0.4, 0.5) is 0 Å². The second-order valence-corrected chi connectivity index (χ2v) is 2.58. The Morgan fingerprint density at radius 2 is 2.30 bits per heavy atom. The highest BCUT2D eigenvalue weighted by Gasteiger charge is 2.12. The van der Waals surface area contributed by atoms with Crippen LogP contribution >= 0.6 is 0 Å². The molecule has 0 rings (SSSR count). The number of hydrogen-bond donors (Lipinski definition) is 2. The summed E-state index contributed by atoms with van der Waals surface area (Å²) in [5.74, 6) is 0. The predicted molar refractivity (Wildman–Crippen MR) is 33.7 cm³/mol. The summed E-state index contributed by atoms with van der Waals surface area (Å²) in [5.41, 5.74) is 0. The number of amidine groups is 1. The number of nitriles is 1. The van der Waals surface area contributed by atoms with Gasteiger partial charge in [-0.3, -0.25) is 4.55 Å². The molecular formula is C3H5N3O3S. The number of nitrogens with one attached hydrogen (secondary N) is 1. The standard InChI is InChI=1S/C3H5N3O3S/c1-5-3(6-2-4)10(7,8)9/h1H3,(H,5,6)(H,7,8,9). The van der Waals surface area contributed by atoms with Gasteiger partial charge in [0, 0.05) is 7.05 Å². The SMILES string of the molecule is CNC(=NC#N)S(=O)(=O)O. The van der Waals surface area contributed by atoms with E-state index in [-0.39, 0.29) is 0 Å². The van der Waals surface area contributed by atoms with E-state index in [4.69, 9.17) is 9.81 Å². The van der Waals surface area contributed by atoms with Crippen molar-refractivity contribution in [1.29, 1.82) is 5.26 Å². The van der Waals surface area contributed by atoms with Crippen LogP contribution in [-0.2, 0) is 10.1 Å². The first-order valence-electron chi connectivity index (χ1n) is 2.14. The van der Waals surface area contributed by atoms with E-state index in [0.717, 1.165) is 0 Å². The molecule has 0 aliphatic carbocycles. The lowest BCUT2D eigenvalue weighted by molar-refractivity contribution is 0.497. The van der Waals surface area contributed by atoms with Gasteiger partial charge in [-0.1, -0.05) is 0 Å². The maximum absolute atomic E-state index is 10.2. The lowest BCUT2D eigenvalue weighted by atomic mass is 11.1. The van der Waals surface area contributed by atoms with Crippen molar-refractivity contribution in [1.82, 2.24) is 5.32 Å². The Hall–Kier alpha value is -1.13. The van der Waals surface area contributed by atoms with Crippen LogP contribution in [-0.4, -0.2) is 25.2 Å². The van der Waals surface area contributed by atoms with E-state index in [1.165, 1.54) is 13.2 Å². The molecule has 10 heavy (non-hydrogen) atoms. The Morgan fingerprint density at radius 1 is 1.80 bits per heavy atom. The largest absolute Gasteiger partial charge is 0.361 e. The third kappa shape index (κ3) is 2.43. The summed E-state index contributed by atoms with van der Waals surface area (Å²) in [6, 6.07) is 0. The topological polar surface area (TPSA) is 103 Å². The first kappa shape index (κ1) is 8.87. The molecule has 6 nitrogen and oxygen atoms in total. The van der Waals surface area contributed by atoms with Crippen LogP contribution in [0.15, 0.2) is 4.99 Å². The summed E-state index contributed by atoms with van der Waals surface area (Å²) >= 11 is 0. The van der Waals surface area contributed by atoms with Gasteiger partial charge in [-0.05, 0) is 0 Å². The minimum absolute atomic E-state index is 0.755. The highest BCUT2D eigenvalue weighted by Crippen LogP contribution is 1.83. The van der Waals surface area contributed by atoms with Gasteiger partial charge in [0.1, 0.15) is 0 Å². The van der Waals surface area contributed by atoms with Crippen LogP contribution in [0.1, 0.15) is 0 Å². The quantitative estimate of drug-likeness (QED) is 0.205. The zero-order valence-electron chi connectivity index (χ0n) is 5.07. The zero-order chi connectivity index (χ0) is 8.20. The fourth-order valence-electron chi connectivity index (χ4n) is 0.288. The van der Waals surface area contributed by atoms with Crippen LogP contribution in [0.25, 0.3) is 0 Å². The molecule has 7 heteroatoms. The molecule has 0 aliphatic heterocycles. The Kier molecular flexibility index (Phi) is 2.79. The van der Waals surface area contributed by atoms with Gasteiger partial charge in [-0.2, -0.15) is 13.7 Å². The van der Waals surface area contributed by atoms with Gasteiger partial charge in [0.2, 0.25) is 6.19 Å². The summed E-state index contributed by atoms with van der Waals surface area (Å²) in [6.45, 7) is 0. The van der Waals surface area contributed by atoms with Crippen molar-refractivity contribution in [3.63, 3.8) is 0 Å². The molecule has 0 radical (unpaired) electrons. The molecule has 56 valence electrons. The first-order chi connectivity index (χ1) is 4.52. The minimum atomic E-state index is -4.36. The molecule has 0 unspecified atom stereocenters. The van der Waals surface area contributed by atoms with Gasteiger partial charge in [0.15, 0.2) is 0 Å². The van der Waals surface area contributed by atoms with Crippen molar-refractivity contribution in [3.05, 3.63) is 0 Å². The molecule has 0 aliphatic rings. The van der Waals surface area contributed by atoms with Crippen molar-refractivity contribution in [2.45, 2.75) is 0 Å². The van der Waals surface area contributed by atoms with E-state index < -0.39 is 15.3 Å². The minimum Gasteiger partial charge on any atom is -0.361 e. The number of hydrogen-bond acceptors (Lipinski definition) is 4. The third-order valence-electron chi connectivity index (χ3n) is 0.610. The van der Waals surface area contributed by atoms with Gasteiger partial charge < -0.3 is 5.32 Å². The van der Waals surface area contributed by atoms with Crippen molar-refractivity contribution in [2.75, 3.05) is 7.05 Å². The summed E-state index contributed by atoms with van der Waals surface area (Å²) < 4.78 is 28.6. The van der Waals surface area contributed by atoms with E-state index in [1.807, 2.05) is 5.32 Å². The highest BCUT2D eigenvalue weighted by molar-refractivity contribution is 8.01. The number of aliphatic imine (C=N–C) groups is 1. The predicted octanol–water partition coefficient (Wildman–Crippen LogP) is -1.07. The maximum atomic E-state index is 10.2. The summed E-state index contributed by atoms with van der Waals surface area (Å²) in [4.78, 5) is 2.79. The normalized spacial score (nSPS) is 12.3. The average molecular weight is 163 g/mol. The maximum Gasteiger partial charge on any atom is 0.328 e. The van der Waals surface area contributed by atoms with Crippen molar-refractivity contribution < 1.29 is 13.0 Å². The molecule has 0 heterocycles. The lowest BCUT2D eigenvalue weighted by Gasteiger charge is -1.95. The lowest BCUT2D eigenvalue weighted by Crippen LogP contribution is -2.27. The molecule has 0 saturated heterocycles. The Labute approximate surface area is 57.9 Å². The Morgan fingerprint density at radius 3 is 2.40 bits per heavy atom. The zero-order valence-corrected chi connectivity index (χ0v) is 5.88. The summed E-state index contributed by atoms with van der Waals surface area (Å²) in [6.07, 6.45) is 1.21. The second-order valence-electron chi connectivity index (χ2n) is 1.24. The Bertz CT molecular complexity index is 272. The molecule has 0 aromatic carbocycles. The van der Waals surface area contributed by atoms with Crippen molar-refractivity contribution in [3.8, 4) is 6.19 Å². The molecule has 2 N–H and O–H groups in total. The summed E-state index contributed by atoms with van der Waals surface area (Å²) in [5, 5.41) is 9.16. The molecule has 0 atom stereocenters. The van der Waals surface area contributed by atoms with Crippen molar-refractivity contribution >= 4 is 15.3 Å². The third-order valence-corrected chi connectivity index (χ3v) is 1.39. The molecule has 0 aromatic rings. The van der Waals surface area contributed by atoms with Gasteiger partial charge >= 0.3 is 10.1 Å². The molecule has 0 amide bonds. The van der Waals surface area contributed by atoms with E-state index in [2.05, 4.69) is 4.99 Å². The second kappa shape index (κ2) is 3.14. The highest BCUT2D eigenvalue weighted by atomic mass is 32.2.